The molecule has 19 heavy (non-hydrogen) atoms. The Morgan fingerprint density at radius 2 is 2.11 bits per heavy atom. The Labute approximate surface area is 120 Å². The van der Waals surface area contributed by atoms with Gasteiger partial charge in [0.05, 0.1) is 17.7 Å². The topological polar surface area (TPSA) is 51.2 Å². The predicted octanol–water partition coefficient (Wildman–Crippen LogP) is 3.65. The standard InChI is InChI=1S/C13H10Cl2N2O2/c1-19-13-11(3-2-6-16-13)17-12(18)9-7-8(14)4-5-10(9)15/h2-7H,1H3,(H,17,18). The number of hydrogen-bond donors (Lipinski definition) is 1. The van der Waals surface area contributed by atoms with Gasteiger partial charge in [0.2, 0.25) is 5.88 Å². The molecule has 0 bridgehead atoms. The average molecular weight is 297 g/mol. The first-order valence-corrected chi connectivity index (χ1v) is 6.13. The first kappa shape index (κ1) is 13.6. The van der Waals surface area contributed by atoms with Crippen molar-refractivity contribution in [1.29, 1.82) is 0 Å². The zero-order chi connectivity index (χ0) is 13.8. The average Bonchev–Trinajstić information content (AvgIpc) is 2.42. The number of hydrogen-bond acceptors (Lipinski definition) is 3. The van der Waals surface area contributed by atoms with Crippen LogP contribution in [0.25, 0.3) is 0 Å². The SMILES string of the molecule is COc1ncccc1NC(=O)c1cc(Cl)ccc1Cl. The molecule has 98 valence electrons. The Balaban J connectivity index is 2.28. The first-order chi connectivity index (χ1) is 9.11. The molecule has 0 unspecified atom stereocenters. The largest absolute Gasteiger partial charge is 0.480 e. The highest BCUT2D eigenvalue weighted by Gasteiger charge is 2.13. The van der Waals surface area contributed by atoms with Crippen LogP contribution in [0.5, 0.6) is 5.88 Å². The Morgan fingerprint density at radius 3 is 2.84 bits per heavy atom. The lowest BCUT2D eigenvalue weighted by molar-refractivity contribution is 0.102. The van der Waals surface area contributed by atoms with Gasteiger partial charge < -0.3 is 10.1 Å². The molecule has 1 heterocycles. The minimum Gasteiger partial charge on any atom is -0.480 e. The number of nitrogens with zero attached hydrogens (tertiary/aromatic N) is 1. The number of carbonyl (C=O) groups excluding carboxylic acids is 1. The van der Waals surface area contributed by atoms with Crippen LogP contribution in [0.4, 0.5) is 5.69 Å². The summed E-state index contributed by atoms with van der Waals surface area (Å²) in [6, 6.07) is 8.06. The molecule has 0 saturated carbocycles. The summed E-state index contributed by atoms with van der Waals surface area (Å²) in [5, 5.41) is 3.44. The molecule has 2 aromatic rings. The maximum absolute atomic E-state index is 12.1. The second-order valence-corrected chi connectivity index (χ2v) is 4.48. The Morgan fingerprint density at radius 1 is 1.32 bits per heavy atom. The number of carbonyl (C=O) groups is 1. The molecule has 1 aromatic carbocycles. The first-order valence-electron chi connectivity index (χ1n) is 5.37. The fourth-order valence-corrected chi connectivity index (χ4v) is 1.89. The van der Waals surface area contributed by atoms with E-state index in [4.69, 9.17) is 27.9 Å². The molecule has 0 spiro atoms. The van der Waals surface area contributed by atoms with Crippen LogP contribution in [0, 0.1) is 0 Å². The van der Waals surface area contributed by atoms with Gasteiger partial charge in [0.15, 0.2) is 0 Å². The monoisotopic (exact) mass is 296 g/mol. The smallest absolute Gasteiger partial charge is 0.257 e. The van der Waals surface area contributed by atoms with Gasteiger partial charge in [0, 0.05) is 11.2 Å². The molecule has 0 radical (unpaired) electrons. The van der Waals surface area contributed by atoms with Crippen LogP contribution in [0.1, 0.15) is 10.4 Å². The quantitative estimate of drug-likeness (QED) is 0.940. The van der Waals surface area contributed by atoms with Crippen molar-refractivity contribution in [3.05, 3.63) is 52.1 Å². The fourth-order valence-electron chi connectivity index (χ4n) is 1.51. The summed E-state index contributed by atoms with van der Waals surface area (Å²) in [6.07, 6.45) is 1.57. The van der Waals surface area contributed by atoms with Crippen LogP contribution in [-0.4, -0.2) is 18.0 Å². The number of amides is 1. The van der Waals surface area contributed by atoms with Gasteiger partial charge in [-0.3, -0.25) is 4.79 Å². The highest BCUT2D eigenvalue weighted by Crippen LogP contribution is 2.24. The lowest BCUT2D eigenvalue weighted by atomic mass is 10.2. The van der Waals surface area contributed by atoms with E-state index in [2.05, 4.69) is 10.3 Å². The zero-order valence-electron chi connectivity index (χ0n) is 9.98. The van der Waals surface area contributed by atoms with Crippen molar-refractivity contribution in [2.45, 2.75) is 0 Å². The Kier molecular flexibility index (Phi) is 4.24. The van der Waals surface area contributed by atoms with Crippen molar-refractivity contribution in [1.82, 2.24) is 4.98 Å². The van der Waals surface area contributed by atoms with E-state index < -0.39 is 0 Å². The fraction of sp³-hybridized carbons (Fsp3) is 0.0769. The summed E-state index contributed by atoms with van der Waals surface area (Å²) >= 11 is 11.8. The minimum absolute atomic E-state index is 0.292. The van der Waals surface area contributed by atoms with Crippen LogP contribution in [-0.2, 0) is 0 Å². The van der Waals surface area contributed by atoms with E-state index in [1.807, 2.05) is 0 Å². The number of methoxy groups -OCH3 is 1. The third-order valence-corrected chi connectivity index (χ3v) is 2.95. The Bertz CT molecular complexity index is 617. The number of anilines is 1. The van der Waals surface area contributed by atoms with Gasteiger partial charge in [-0.05, 0) is 30.3 Å². The van der Waals surface area contributed by atoms with Crippen molar-refractivity contribution in [3.63, 3.8) is 0 Å². The van der Waals surface area contributed by atoms with Crippen molar-refractivity contribution < 1.29 is 9.53 Å². The van der Waals surface area contributed by atoms with E-state index in [0.717, 1.165) is 0 Å². The molecule has 1 aromatic heterocycles. The molecule has 4 nitrogen and oxygen atoms in total. The van der Waals surface area contributed by atoms with E-state index in [1.54, 1.807) is 30.5 Å². The highest BCUT2D eigenvalue weighted by molar-refractivity contribution is 6.36. The molecule has 1 amide bonds. The van der Waals surface area contributed by atoms with E-state index in [0.29, 0.717) is 27.2 Å². The summed E-state index contributed by atoms with van der Waals surface area (Å²) in [7, 11) is 1.48. The lowest BCUT2D eigenvalue weighted by Gasteiger charge is -2.09. The molecule has 1 N–H and O–H groups in total. The molecule has 0 aliphatic heterocycles. The van der Waals surface area contributed by atoms with Crippen LogP contribution in [0.3, 0.4) is 0 Å². The molecular weight excluding hydrogens is 287 g/mol. The van der Waals surface area contributed by atoms with Crippen molar-refractivity contribution in [2.75, 3.05) is 12.4 Å². The van der Waals surface area contributed by atoms with Gasteiger partial charge in [-0.15, -0.1) is 0 Å². The molecule has 0 saturated heterocycles. The summed E-state index contributed by atoms with van der Waals surface area (Å²) in [5.74, 6) is -0.0483. The molecule has 0 fully saturated rings. The number of aromatic nitrogens is 1. The van der Waals surface area contributed by atoms with Crippen LogP contribution < -0.4 is 10.1 Å². The van der Waals surface area contributed by atoms with Gasteiger partial charge in [0.25, 0.3) is 5.91 Å². The second-order valence-electron chi connectivity index (χ2n) is 3.64. The zero-order valence-corrected chi connectivity index (χ0v) is 11.5. The summed E-state index contributed by atoms with van der Waals surface area (Å²) in [5.41, 5.74) is 0.756. The summed E-state index contributed by atoms with van der Waals surface area (Å²) in [4.78, 5) is 16.1. The highest BCUT2D eigenvalue weighted by atomic mass is 35.5. The third kappa shape index (κ3) is 3.16. The van der Waals surface area contributed by atoms with Crippen molar-refractivity contribution in [2.24, 2.45) is 0 Å². The van der Waals surface area contributed by atoms with Crippen molar-refractivity contribution in [3.8, 4) is 5.88 Å². The molecule has 0 aliphatic rings. The normalized spacial score (nSPS) is 10.1. The third-order valence-electron chi connectivity index (χ3n) is 2.39. The van der Waals surface area contributed by atoms with Crippen LogP contribution in [0.15, 0.2) is 36.5 Å². The summed E-state index contributed by atoms with van der Waals surface area (Å²) < 4.78 is 5.05. The maximum atomic E-state index is 12.1. The number of nitrogens with one attached hydrogen (secondary N) is 1. The summed E-state index contributed by atoms with van der Waals surface area (Å²) in [6.45, 7) is 0. The van der Waals surface area contributed by atoms with Crippen LogP contribution in [0.2, 0.25) is 10.0 Å². The predicted molar refractivity (Wildman–Crippen MR) is 75.2 cm³/mol. The number of ether oxygens (including phenoxy) is 1. The Hall–Kier alpha value is -1.78. The molecule has 2 rings (SSSR count). The number of pyridine rings is 1. The molecule has 6 heteroatoms. The second kappa shape index (κ2) is 5.91. The van der Waals surface area contributed by atoms with Gasteiger partial charge in [-0.1, -0.05) is 23.2 Å². The number of halogens is 2. The van der Waals surface area contributed by atoms with Gasteiger partial charge in [0.1, 0.15) is 5.69 Å². The molecule has 0 aliphatic carbocycles. The lowest BCUT2D eigenvalue weighted by Crippen LogP contribution is -2.13. The number of rotatable bonds is 3. The van der Waals surface area contributed by atoms with Gasteiger partial charge in [-0.25, -0.2) is 4.98 Å². The van der Waals surface area contributed by atoms with E-state index >= 15 is 0 Å². The van der Waals surface area contributed by atoms with Gasteiger partial charge in [-0.2, -0.15) is 0 Å². The van der Waals surface area contributed by atoms with Crippen molar-refractivity contribution >= 4 is 34.8 Å². The van der Waals surface area contributed by atoms with E-state index in [-0.39, 0.29) is 5.91 Å². The van der Waals surface area contributed by atoms with E-state index in [9.17, 15) is 4.79 Å². The maximum Gasteiger partial charge on any atom is 0.257 e. The van der Waals surface area contributed by atoms with Crippen LogP contribution >= 0.6 is 23.2 Å². The minimum atomic E-state index is -0.376. The molecular formula is C13H10Cl2N2O2. The van der Waals surface area contributed by atoms with E-state index in [1.165, 1.54) is 13.2 Å². The molecule has 0 atom stereocenters. The van der Waals surface area contributed by atoms with Gasteiger partial charge >= 0.3 is 0 Å². The number of benzene rings is 1.